The summed E-state index contributed by atoms with van der Waals surface area (Å²) in [7, 11) is 1.32. The van der Waals surface area contributed by atoms with Crippen LogP contribution in [-0.4, -0.2) is 31.2 Å². The van der Waals surface area contributed by atoms with Gasteiger partial charge >= 0.3 is 6.61 Å². The molecule has 1 aliphatic rings. The number of hydrogen-bond donors (Lipinski definition) is 1. The van der Waals surface area contributed by atoms with Gasteiger partial charge in [0.1, 0.15) is 5.71 Å². The summed E-state index contributed by atoms with van der Waals surface area (Å²) in [6.07, 6.45) is 0.296. The molecule has 2 amide bonds. The number of carbonyl (C=O) groups is 2. The van der Waals surface area contributed by atoms with Crippen LogP contribution in [0.1, 0.15) is 24.0 Å². The van der Waals surface area contributed by atoms with E-state index in [1.807, 2.05) is 32.0 Å². The van der Waals surface area contributed by atoms with Crippen molar-refractivity contribution in [1.29, 1.82) is 0 Å². The molecule has 1 aliphatic heterocycles. The molecule has 0 unspecified atom stereocenters. The van der Waals surface area contributed by atoms with Crippen molar-refractivity contribution >= 4 is 28.9 Å². The molecule has 158 valence electrons. The van der Waals surface area contributed by atoms with E-state index >= 15 is 0 Å². The Morgan fingerprint density at radius 2 is 1.90 bits per heavy atom. The maximum absolute atomic E-state index is 12.7. The van der Waals surface area contributed by atoms with Gasteiger partial charge in [-0.3, -0.25) is 9.59 Å². The van der Waals surface area contributed by atoms with Gasteiger partial charge in [-0.1, -0.05) is 12.1 Å². The predicted octanol–water partition coefficient (Wildman–Crippen LogP) is 4.03. The fraction of sp³-hybridized carbons (Fsp3) is 0.286. The molecule has 0 fully saturated rings. The normalized spacial score (nSPS) is 13.9. The zero-order chi connectivity index (χ0) is 21.8. The molecule has 0 spiro atoms. The van der Waals surface area contributed by atoms with Crippen LogP contribution in [0.15, 0.2) is 41.5 Å². The highest BCUT2D eigenvalue weighted by Gasteiger charge is 2.27. The number of amides is 2. The molecule has 1 N–H and O–H groups in total. The van der Waals surface area contributed by atoms with Gasteiger partial charge in [-0.05, 0) is 43.2 Å². The first kappa shape index (κ1) is 21.2. The molecule has 30 heavy (non-hydrogen) atoms. The molecule has 3 rings (SSSR count). The van der Waals surface area contributed by atoms with E-state index in [4.69, 9.17) is 4.74 Å². The number of alkyl halides is 2. The van der Waals surface area contributed by atoms with E-state index in [1.165, 1.54) is 30.3 Å². The van der Waals surface area contributed by atoms with Crippen LogP contribution in [0.2, 0.25) is 0 Å². The van der Waals surface area contributed by atoms with Gasteiger partial charge in [0.05, 0.1) is 12.8 Å². The van der Waals surface area contributed by atoms with Crippen LogP contribution in [0, 0.1) is 13.8 Å². The Bertz CT molecular complexity index is 1010. The molecule has 0 radical (unpaired) electrons. The third kappa shape index (κ3) is 4.73. The van der Waals surface area contributed by atoms with Crippen molar-refractivity contribution in [3.05, 3.63) is 47.5 Å². The average molecular weight is 417 g/mol. The predicted molar refractivity (Wildman–Crippen MR) is 108 cm³/mol. The van der Waals surface area contributed by atoms with Gasteiger partial charge in [0.15, 0.2) is 11.5 Å². The van der Waals surface area contributed by atoms with Crippen molar-refractivity contribution in [3.8, 4) is 11.5 Å². The third-order valence-corrected chi connectivity index (χ3v) is 4.53. The summed E-state index contributed by atoms with van der Waals surface area (Å²) in [5, 5.41) is 8.09. The number of carbonyl (C=O) groups excluding carboxylic acids is 2. The highest BCUT2D eigenvalue weighted by atomic mass is 19.3. The quantitative estimate of drug-likeness (QED) is 0.770. The smallest absolute Gasteiger partial charge is 0.387 e. The number of halogens is 2. The first-order chi connectivity index (χ1) is 14.3. The number of nitrogens with zero attached hydrogens (tertiary/aromatic N) is 2. The lowest BCUT2D eigenvalue weighted by atomic mass is 10.1. The molecule has 0 saturated carbocycles. The molecule has 0 aliphatic carbocycles. The number of aryl methyl sites for hydroxylation is 2. The molecular formula is C21H21F2N3O4. The average Bonchev–Trinajstić information content (AvgIpc) is 2.70. The van der Waals surface area contributed by atoms with E-state index in [2.05, 4.69) is 15.2 Å². The zero-order valence-corrected chi connectivity index (χ0v) is 16.7. The summed E-state index contributed by atoms with van der Waals surface area (Å²) in [4.78, 5) is 25.1. The van der Waals surface area contributed by atoms with Crippen molar-refractivity contribution in [1.82, 2.24) is 0 Å². The number of ether oxygens (including phenoxy) is 2. The number of anilines is 2. The number of hydrogen-bond acceptors (Lipinski definition) is 5. The molecule has 7 nitrogen and oxygen atoms in total. The van der Waals surface area contributed by atoms with Gasteiger partial charge in [-0.25, -0.2) is 5.01 Å². The van der Waals surface area contributed by atoms with E-state index in [0.29, 0.717) is 5.69 Å². The van der Waals surface area contributed by atoms with E-state index in [0.717, 1.165) is 11.1 Å². The van der Waals surface area contributed by atoms with Gasteiger partial charge in [-0.15, -0.1) is 0 Å². The summed E-state index contributed by atoms with van der Waals surface area (Å²) in [5.41, 5.74) is 2.81. The molecule has 9 heteroatoms. The van der Waals surface area contributed by atoms with Crippen molar-refractivity contribution in [2.24, 2.45) is 5.10 Å². The lowest BCUT2D eigenvalue weighted by molar-refractivity contribution is -0.118. The molecule has 0 bridgehead atoms. The summed E-state index contributed by atoms with van der Waals surface area (Å²) in [6, 6.07) is 9.76. The van der Waals surface area contributed by atoms with Gasteiger partial charge in [0.2, 0.25) is 5.91 Å². The molecule has 2 aromatic rings. The second-order valence-electron chi connectivity index (χ2n) is 6.74. The van der Waals surface area contributed by atoms with Crippen molar-refractivity contribution < 1.29 is 27.8 Å². The largest absolute Gasteiger partial charge is 0.493 e. The highest BCUT2D eigenvalue weighted by Crippen LogP contribution is 2.32. The monoisotopic (exact) mass is 417 g/mol. The Balaban J connectivity index is 1.84. The van der Waals surface area contributed by atoms with Crippen LogP contribution < -0.4 is 19.8 Å². The van der Waals surface area contributed by atoms with Crippen LogP contribution in [-0.2, 0) is 9.59 Å². The first-order valence-electron chi connectivity index (χ1n) is 9.20. The number of methoxy groups -OCH3 is 1. The second-order valence-corrected chi connectivity index (χ2v) is 6.74. The maximum atomic E-state index is 12.7. The molecule has 0 saturated heterocycles. The Kier molecular flexibility index (Phi) is 6.29. The Hall–Kier alpha value is -3.49. The third-order valence-electron chi connectivity index (χ3n) is 4.53. The maximum Gasteiger partial charge on any atom is 0.387 e. The lowest BCUT2D eigenvalue weighted by Crippen LogP contribution is -2.36. The molecule has 0 aromatic heterocycles. The molecule has 0 atom stereocenters. The van der Waals surface area contributed by atoms with Gasteiger partial charge < -0.3 is 14.8 Å². The topological polar surface area (TPSA) is 80.2 Å². The minimum atomic E-state index is -3.04. The Morgan fingerprint density at radius 3 is 2.60 bits per heavy atom. The number of hydrazone groups is 1. The van der Waals surface area contributed by atoms with Gasteiger partial charge in [-0.2, -0.15) is 13.9 Å². The van der Waals surface area contributed by atoms with Crippen LogP contribution >= 0.6 is 0 Å². The van der Waals surface area contributed by atoms with E-state index < -0.39 is 12.5 Å². The molecular weight excluding hydrogens is 396 g/mol. The summed E-state index contributed by atoms with van der Waals surface area (Å²) in [5.74, 6) is -0.846. The molecule has 1 heterocycles. The SMILES string of the molecule is COc1ccc(NC(=O)C2=NN(c3cc(C)ccc3C)C(=O)CC2)cc1OC(F)F. The Morgan fingerprint density at radius 1 is 1.13 bits per heavy atom. The standard InChI is InChI=1S/C21H21F2N3O4/c1-12-4-5-13(2)16(10-12)26-19(27)9-7-15(25-26)20(28)24-14-6-8-17(29-3)18(11-14)30-21(22)23/h4-6,8,10-11,21H,7,9H2,1-3H3,(H,24,28). The van der Waals surface area contributed by atoms with Crippen LogP contribution in [0.5, 0.6) is 11.5 Å². The summed E-state index contributed by atoms with van der Waals surface area (Å²) < 4.78 is 34.6. The second kappa shape index (κ2) is 8.89. The minimum absolute atomic E-state index is 0.106. The number of benzene rings is 2. The lowest BCUT2D eigenvalue weighted by Gasteiger charge is -2.25. The fourth-order valence-corrected chi connectivity index (χ4v) is 3.00. The van der Waals surface area contributed by atoms with Gasteiger partial charge in [0, 0.05) is 24.6 Å². The van der Waals surface area contributed by atoms with Crippen LogP contribution in [0.25, 0.3) is 0 Å². The summed E-state index contributed by atoms with van der Waals surface area (Å²) in [6.45, 7) is 0.718. The number of rotatable bonds is 6. The minimum Gasteiger partial charge on any atom is -0.493 e. The van der Waals surface area contributed by atoms with E-state index in [1.54, 1.807) is 0 Å². The summed E-state index contributed by atoms with van der Waals surface area (Å²) >= 11 is 0. The van der Waals surface area contributed by atoms with Crippen LogP contribution in [0.4, 0.5) is 20.2 Å². The van der Waals surface area contributed by atoms with E-state index in [9.17, 15) is 18.4 Å². The van der Waals surface area contributed by atoms with Crippen LogP contribution in [0.3, 0.4) is 0 Å². The van der Waals surface area contributed by atoms with E-state index in [-0.39, 0.29) is 41.6 Å². The van der Waals surface area contributed by atoms with Gasteiger partial charge in [0.25, 0.3) is 5.91 Å². The fourth-order valence-electron chi connectivity index (χ4n) is 3.00. The zero-order valence-electron chi connectivity index (χ0n) is 16.7. The number of nitrogens with one attached hydrogen (secondary N) is 1. The van der Waals surface area contributed by atoms with Crippen molar-refractivity contribution in [2.75, 3.05) is 17.4 Å². The van der Waals surface area contributed by atoms with Crippen molar-refractivity contribution in [3.63, 3.8) is 0 Å². The molecule has 2 aromatic carbocycles. The van der Waals surface area contributed by atoms with Crippen molar-refractivity contribution in [2.45, 2.75) is 33.3 Å². The first-order valence-corrected chi connectivity index (χ1v) is 9.20. The Labute approximate surface area is 172 Å². The highest BCUT2D eigenvalue weighted by molar-refractivity contribution is 6.44.